The summed E-state index contributed by atoms with van der Waals surface area (Å²) in [6.45, 7) is 0. The minimum absolute atomic E-state index is 0.0929. The Labute approximate surface area is 208 Å². The monoisotopic (exact) mass is 503 g/mol. The molecule has 0 spiro atoms. The van der Waals surface area contributed by atoms with Gasteiger partial charge in [0.2, 0.25) is 11.8 Å². The van der Waals surface area contributed by atoms with Crippen molar-refractivity contribution in [1.82, 2.24) is 0 Å². The SMILES string of the molecule is O=C(C=Cc1ccc([N+](=O)[O-])cc1)Nc1ccc([N+](=O)[O-])c(NC(=O)C=Cc2ccc([N+](=O)[O-])cc2)c1. The first-order valence-corrected chi connectivity index (χ1v) is 10.4. The average Bonchev–Trinajstić information content (AvgIpc) is 2.86. The molecule has 0 radical (unpaired) electrons. The van der Waals surface area contributed by atoms with E-state index in [0.29, 0.717) is 11.1 Å². The topological polar surface area (TPSA) is 188 Å². The maximum atomic E-state index is 12.3. The standard InChI is InChI=1S/C24H17N5O8/c30-23(13-5-16-1-8-19(9-2-16)27(32)33)25-18-7-12-22(29(36)37)21(15-18)26-24(31)14-6-17-3-10-20(11-4-17)28(34)35/h1-15H,(H,25,30)(H,26,31). The van der Waals surface area contributed by atoms with Crippen molar-refractivity contribution in [2.24, 2.45) is 0 Å². The lowest BCUT2D eigenvalue weighted by molar-refractivity contribution is -0.385. The van der Waals surface area contributed by atoms with Gasteiger partial charge in [0.15, 0.2) is 0 Å². The lowest BCUT2D eigenvalue weighted by atomic mass is 10.2. The number of amides is 2. The second-order valence-corrected chi connectivity index (χ2v) is 7.33. The Morgan fingerprint density at radius 3 is 1.51 bits per heavy atom. The molecule has 0 heterocycles. The molecule has 2 N–H and O–H groups in total. The zero-order valence-corrected chi connectivity index (χ0v) is 18.8. The van der Waals surface area contributed by atoms with E-state index < -0.39 is 32.3 Å². The van der Waals surface area contributed by atoms with Gasteiger partial charge in [-0.05, 0) is 59.7 Å². The lowest BCUT2D eigenvalue weighted by Crippen LogP contribution is -2.12. The zero-order chi connectivity index (χ0) is 26.9. The number of anilines is 2. The molecule has 37 heavy (non-hydrogen) atoms. The van der Waals surface area contributed by atoms with Gasteiger partial charge in [-0.3, -0.25) is 39.9 Å². The Morgan fingerprint density at radius 2 is 1.08 bits per heavy atom. The first-order valence-electron chi connectivity index (χ1n) is 10.4. The average molecular weight is 503 g/mol. The zero-order valence-electron chi connectivity index (χ0n) is 18.8. The van der Waals surface area contributed by atoms with Crippen molar-refractivity contribution >= 4 is 52.4 Å². The Bertz CT molecular complexity index is 1430. The number of carbonyl (C=O) groups is 2. The van der Waals surface area contributed by atoms with Gasteiger partial charge in [0.1, 0.15) is 5.69 Å². The third kappa shape index (κ3) is 7.38. The molecular formula is C24H17N5O8. The second kappa shape index (κ2) is 11.6. The Morgan fingerprint density at radius 1 is 0.622 bits per heavy atom. The molecule has 0 aliphatic heterocycles. The normalized spacial score (nSPS) is 10.8. The molecule has 0 atom stereocenters. The van der Waals surface area contributed by atoms with Crippen LogP contribution in [0.4, 0.5) is 28.4 Å². The highest BCUT2D eigenvalue weighted by Crippen LogP contribution is 2.28. The number of carbonyl (C=O) groups excluding carboxylic acids is 2. The van der Waals surface area contributed by atoms with Crippen LogP contribution in [0, 0.1) is 30.3 Å². The van der Waals surface area contributed by atoms with Crippen molar-refractivity contribution < 1.29 is 24.4 Å². The first-order chi connectivity index (χ1) is 17.6. The summed E-state index contributed by atoms with van der Waals surface area (Å²) in [5, 5.41) is 37.7. The van der Waals surface area contributed by atoms with E-state index in [9.17, 15) is 39.9 Å². The molecule has 3 rings (SSSR count). The fourth-order valence-corrected chi connectivity index (χ4v) is 2.99. The van der Waals surface area contributed by atoms with Crippen molar-refractivity contribution in [1.29, 1.82) is 0 Å². The molecule has 2 amide bonds. The molecule has 0 aliphatic rings. The van der Waals surface area contributed by atoms with E-state index in [0.717, 1.165) is 12.1 Å². The maximum Gasteiger partial charge on any atom is 0.292 e. The molecule has 0 saturated heterocycles. The van der Waals surface area contributed by atoms with E-state index >= 15 is 0 Å². The number of hydrogen-bond acceptors (Lipinski definition) is 8. The predicted octanol–water partition coefficient (Wildman–Crippen LogP) is 4.72. The van der Waals surface area contributed by atoms with E-state index in [1.54, 1.807) is 0 Å². The number of nitro groups is 3. The van der Waals surface area contributed by atoms with Crippen LogP contribution in [-0.4, -0.2) is 26.6 Å². The van der Waals surface area contributed by atoms with Crippen LogP contribution in [-0.2, 0) is 9.59 Å². The largest absolute Gasteiger partial charge is 0.322 e. The fourth-order valence-electron chi connectivity index (χ4n) is 2.99. The van der Waals surface area contributed by atoms with Crippen LogP contribution >= 0.6 is 0 Å². The molecule has 13 nitrogen and oxygen atoms in total. The quantitative estimate of drug-likeness (QED) is 0.238. The second-order valence-electron chi connectivity index (χ2n) is 7.33. The first kappa shape index (κ1) is 25.9. The van der Waals surface area contributed by atoms with E-state index in [1.165, 1.54) is 78.9 Å². The van der Waals surface area contributed by atoms with E-state index in [2.05, 4.69) is 10.6 Å². The fraction of sp³-hybridized carbons (Fsp3) is 0. The number of nitrogens with zero attached hydrogens (tertiary/aromatic N) is 3. The molecule has 3 aromatic carbocycles. The van der Waals surface area contributed by atoms with Crippen molar-refractivity contribution in [3.8, 4) is 0 Å². The summed E-state index contributed by atoms with van der Waals surface area (Å²) in [5.41, 5.74) is 0.423. The summed E-state index contributed by atoms with van der Waals surface area (Å²) in [6, 6.07) is 14.5. The molecule has 3 aromatic rings. The highest BCUT2D eigenvalue weighted by atomic mass is 16.6. The minimum Gasteiger partial charge on any atom is -0.322 e. The number of nitrogens with one attached hydrogen (secondary N) is 2. The molecule has 13 heteroatoms. The van der Waals surface area contributed by atoms with Crippen molar-refractivity contribution in [3.05, 3.63) is 120 Å². The van der Waals surface area contributed by atoms with Gasteiger partial charge in [0.05, 0.1) is 14.8 Å². The highest BCUT2D eigenvalue weighted by molar-refractivity contribution is 6.05. The van der Waals surface area contributed by atoms with Crippen LogP contribution in [0.2, 0.25) is 0 Å². The summed E-state index contributed by atoms with van der Waals surface area (Å²) in [7, 11) is 0. The molecule has 0 bridgehead atoms. The summed E-state index contributed by atoms with van der Waals surface area (Å²) in [6.07, 6.45) is 5.08. The molecule has 0 unspecified atom stereocenters. The third-order valence-electron chi connectivity index (χ3n) is 4.78. The van der Waals surface area contributed by atoms with Crippen LogP contribution in [0.1, 0.15) is 11.1 Å². The van der Waals surface area contributed by atoms with Crippen LogP contribution in [0.5, 0.6) is 0 Å². The smallest absolute Gasteiger partial charge is 0.292 e. The van der Waals surface area contributed by atoms with Gasteiger partial charge in [0.25, 0.3) is 17.1 Å². The number of rotatable bonds is 9. The molecule has 0 fully saturated rings. The van der Waals surface area contributed by atoms with Gasteiger partial charge in [0, 0.05) is 48.2 Å². The van der Waals surface area contributed by atoms with Gasteiger partial charge in [-0.1, -0.05) is 0 Å². The lowest BCUT2D eigenvalue weighted by Gasteiger charge is -2.07. The van der Waals surface area contributed by atoms with Crippen LogP contribution in [0.15, 0.2) is 78.9 Å². The molecule has 0 aliphatic carbocycles. The molecular weight excluding hydrogens is 486 g/mol. The number of nitro benzene ring substituents is 3. The predicted molar refractivity (Wildman–Crippen MR) is 135 cm³/mol. The van der Waals surface area contributed by atoms with Crippen LogP contribution in [0.25, 0.3) is 12.2 Å². The Balaban J connectivity index is 1.69. The van der Waals surface area contributed by atoms with Crippen molar-refractivity contribution in [2.75, 3.05) is 10.6 Å². The van der Waals surface area contributed by atoms with E-state index in [1.807, 2.05) is 0 Å². The van der Waals surface area contributed by atoms with Gasteiger partial charge < -0.3 is 10.6 Å². The summed E-state index contributed by atoms with van der Waals surface area (Å²) >= 11 is 0. The Kier molecular flexibility index (Phi) is 8.13. The van der Waals surface area contributed by atoms with Gasteiger partial charge >= 0.3 is 0 Å². The molecule has 0 aromatic heterocycles. The number of non-ortho nitro benzene ring substituents is 2. The van der Waals surface area contributed by atoms with Crippen molar-refractivity contribution in [2.45, 2.75) is 0 Å². The van der Waals surface area contributed by atoms with Gasteiger partial charge in [-0.25, -0.2) is 0 Å². The summed E-state index contributed by atoms with van der Waals surface area (Å²) in [5.74, 6) is -1.29. The third-order valence-corrected chi connectivity index (χ3v) is 4.78. The van der Waals surface area contributed by atoms with Crippen LogP contribution < -0.4 is 10.6 Å². The van der Waals surface area contributed by atoms with Gasteiger partial charge in [-0.15, -0.1) is 0 Å². The number of benzene rings is 3. The molecule has 186 valence electrons. The highest BCUT2D eigenvalue weighted by Gasteiger charge is 2.16. The summed E-state index contributed by atoms with van der Waals surface area (Å²) in [4.78, 5) is 55.6. The maximum absolute atomic E-state index is 12.3. The molecule has 0 saturated carbocycles. The Hall–Kier alpha value is -5.72. The van der Waals surface area contributed by atoms with Crippen molar-refractivity contribution in [3.63, 3.8) is 0 Å². The summed E-state index contributed by atoms with van der Waals surface area (Å²) < 4.78 is 0. The van der Waals surface area contributed by atoms with E-state index in [-0.39, 0.29) is 22.7 Å². The van der Waals surface area contributed by atoms with Gasteiger partial charge in [-0.2, -0.15) is 0 Å². The van der Waals surface area contributed by atoms with Crippen LogP contribution in [0.3, 0.4) is 0 Å². The van der Waals surface area contributed by atoms with E-state index in [4.69, 9.17) is 0 Å². The number of hydrogen-bond donors (Lipinski definition) is 2. The minimum atomic E-state index is -0.706.